The van der Waals surface area contributed by atoms with Crippen LogP contribution in [0.2, 0.25) is 5.02 Å². The van der Waals surface area contributed by atoms with Crippen molar-refractivity contribution in [1.29, 1.82) is 0 Å². The summed E-state index contributed by atoms with van der Waals surface area (Å²) >= 11 is 6.03. The average Bonchev–Trinajstić information content (AvgIpc) is 3.10. The van der Waals surface area contributed by atoms with E-state index in [4.69, 9.17) is 11.6 Å². The predicted molar refractivity (Wildman–Crippen MR) is 107 cm³/mol. The van der Waals surface area contributed by atoms with Gasteiger partial charge in [0.05, 0.1) is 10.7 Å². The minimum atomic E-state index is -0.730. The van der Waals surface area contributed by atoms with Gasteiger partial charge in [0, 0.05) is 17.7 Å². The lowest BCUT2D eigenvalue weighted by Crippen LogP contribution is -2.45. The third kappa shape index (κ3) is 3.37. The molecule has 140 valence electrons. The Morgan fingerprint density at radius 1 is 1.00 bits per heavy atom. The summed E-state index contributed by atoms with van der Waals surface area (Å²) in [6, 6.07) is 19.3. The molecule has 0 bridgehead atoms. The first kappa shape index (κ1) is 18.2. The predicted octanol–water partition coefficient (Wildman–Crippen LogP) is 4.69. The quantitative estimate of drug-likeness (QED) is 0.700. The number of hydrogen-bond acceptors (Lipinski definition) is 2. The second-order valence-corrected chi connectivity index (χ2v) is 6.91. The Kier molecular flexibility index (Phi) is 4.84. The summed E-state index contributed by atoms with van der Waals surface area (Å²) in [5.41, 5.74) is 2.42. The zero-order valence-electron chi connectivity index (χ0n) is 14.7. The van der Waals surface area contributed by atoms with Gasteiger partial charge in [-0.3, -0.25) is 14.5 Å². The van der Waals surface area contributed by atoms with Gasteiger partial charge in [0.2, 0.25) is 5.91 Å². The minimum Gasteiger partial charge on any atom is -0.323 e. The van der Waals surface area contributed by atoms with E-state index in [1.807, 2.05) is 30.3 Å². The molecular weight excluding hydrogens is 379 g/mol. The first-order chi connectivity index (χ1) is 13.5. The number of rotatable bonds is 3. The molecule has 1 unspecified atom stereocenters. The lowest BCUT2D eigenvalue weighted by molar-refractivity contribution is -0.117. The second-order valence-electron chi connectivity index (χ2n) is 6.50. The highest BCUT2D eigenvalue weighted by molar-refractivity contribution is 6.33. The molecule has 0 aromatic heterocycles. The van der Waals surface area contributed by atoms with Gasteiger partial charge in [-0.1, -0.05) is 48.0 Å². The maximum atomic E-state index is 13.3. The summed E-state index contributed by atoms with van der Waals surface area (Å²) in [6.07, 6.45) is 0.388. The molecule has 3 aromatic rings. The fraction of sp³-hybridized carbons (Fsp3) is 0.0909. The number of hydrogen-bond donors (Lipinski definition) is 1. The normalized spacial score (nSPS) is 15.2. The zero-order valence-corrected chi connectivity index (χ0v) is 15.5. The third-order valence-corrected chi connectivity index (χ3v) is 5.02. The van der Waals surface area contributed by atoms with Gasteiger partial charge in [0.15, 0.2) is 0 Å². The molecule has 1 atom stereocenters. The van der Waals surface area contributed by atoms with E-state index < -0.39 is 11.9 Å². The SMILES string of the molecule is O=C(Nc1ccc(F)cc1Cl)C1Cc2ccccc2N1C(=O)c1ccccc1. The Morgan fingerprint density at radius 2 is 1.71 bits per heavy atom. The van der Waals surface area contributed by atoms with Crippen LogP contribution >= 0.6 is 11.6 Å². The highest BCUT2D eigenvalue weighted by Crippen LogP contribution is 2.34. The molecule has 4 rings (SSSR count). The van der Waals surface area contributed by atoms with Crippen molar-refractivity contribution in [2.24, 2.45) is 0 Å². The van der Waals surface area contributed by atoms with E-state index >= 15 is 0 Å². The van der Waals surface area contributed by atoms with Crippen molar-refractivity contribution in [1.82, 2.24) is 0 Å². The van der Waals surface area contributed by atoms with Crippen molar-refractivity contribution in [2.75, 3.05) is 10.2 Å². The number of halogens is 2. The van der Waals surface area contributed by atoms with Crippen molar-refractivity contribution >= 4 is 34.8 Å². The molecule has 1 aliphatic rings. The van der Waals surface area contributed by atoms with E-state index in [2.05, 4.69) is 5.32 Å². The van der Waals surface area contributed by atoms with Gasteiger partial charge in [-0.2, -0.15) is 0 Å². The number of fused-ring (bicyclic) bond motifs is 1. The highest BCUT2D eigenvalue weighted by Gasteiger charge is 2.38. The van der Waals surface area contributed by atoms with E-state index in [0.717, 1.165) is 11.6 Å². The topological polar surface area (TPSA) is 49.4 Å². The molecule has 4 nitrogen and oxygen atoms in total. The molecule has 2 amide bonds. The van der Waals surface area contributed by atoms with Crippen LogP contribution in [0.15, 0.2) is 72.8 Å². The van der Waals surface area contributed by atoms with Gasteiger partial charge in [0.1, 0.15) is 11.9 Å². The molecule has 1 aliphatic heterocycles. The number of nitrogens with zero attached hydrogens (tertiary/aromatic N) is 1. The minimum absolute atomic E-state index is 0.102. The van der Waals surface area contributed by atoms with Crippen LogP contribution in [0.5, 0.6) is 0 Å². The maximum Gasteiger partial charge on any atom is 0.259 e. The summed E-state index contributed by atoms with van der Waals surface area (Å²) in [4.78, 5) is 27.7. The summed E-state index contributed by atoms with van der Waals surface area (Å²) < 4.78 is 13.3. The molecule has 0 fully saturated rings. The molecule has 6 heteroatoms. The van der Waals surface area contributed by atoms with Crippen LogP contribution in [0.25, 0.3) is 0 Å². The van der Waals surface area contributed by atoms with Crippen LogP contribution < -0.4 is 10.2 Å². The van der Waals surface area contributed by atoms with Gasteiger partial charge in [-0.15, -0.1) is 0 Å². The van der Waals surface area contributed by atoms with E-state index in [0.29, 0.717) is 23.4 Å². The van der Waals surface area contributed by atoms with Crippen LogP contribution in [0.3, 0.4) is 0 Å². The van der Waals surface area contributed by atoms with E-state index in [9.17, 15) is 14.0 Å². The number of carbonyl (C=O) groups is 2. The number of para-hydroxylation sites is 1. The van der Waals surface area contributed by atoms with Crippen LogP contribution in [0.1, 0.15) is 15.9 Å². The fourth-order valence-corrected chi connectivity index (χ4v) is 3.59. The van der Waals surface area contributed by atoms with Crippen molar-refractivity contribution in [3.63, 3.8) is 0 Å². The molecule has 1 N–H and O–H groups in total. The first-order valence-electron chi connectivity index (χ1n) is 8.77. The van der Waals surface area contributed by atoms with Crippen molar-refractivity contribution in [3.8, 4) is 0 Å². The number of anilines is 2. The molecule has 1 heterocycles. The lowest BCUT2D eigenvalue weighted by Gasteiger charge is -2.25. The van der Waals surface area contributed by atoms with Crippen molar-refractivity contribution < 1.29 is 14.0 Å². The monoisotopic (exact) mass is 394 g/mol. The Balaban J connectivity index is 1.67. The van der Waals surface area contributed by atoms with Crippen molar-refractivity contribution in [2.45, 2.75) is 12.5 Å². The summed E-state index contributed by atoms with van der Waals surface area (Å²) in [5.74, 6) is -1.12. The van der Waals surface area contributed by atoms with Gasteiger partial charge < -0.3 is 5.32 Å². The van der Waals surface area contributed by atoms with E-state index in [1.165, 1.54) is 17.0 Å². The number of carbonyl (C=O) groups excluding carboxylic acids is 2. The van der Waals surface area contributed by atoms with Crippen LogP contribution in [0.4, 0.5) is 15.8 Å². The third-order valence-electron chi connectivity index (χ3n) is 4.71. The standard InChI is InChI=1S/C22H16ClFN2O2/c23-17-13-16(24)10-11-18(17)25-21(27)20-12-15-8-4-5-9-19(15)26(20)22(28)14-6-2-1-3-7-14/h1-11,13,20H,12H2,(H,25,27). The summed E-state index contributed by atoms with van der Waals surface area (Å²) in [5, 5.41) is 2.82. The number of benzene rings is 3. The first-order valence-corrected chi connectivity index (χ1v) is 9.15. The Hall–Kier alpha value is -3.18. The number of nitrogens with one attached hydrogen (secondary N) is 1. The number of amides is 2. The molecule has 0 radical (unpaired) electrons. The summed E-state index contributed by atoms with van der Waals surface area (Å²) in [6.45, 7) is 0. The second kappa shape index (κ2) is 7.44. The molecule has 28 heavy (non-hydrogen) atoms. The largest absolute Gasteiger partial charge is 0.323 e. The van der Waals surface area contributed by atoms with E-state index in [1.54, 1.807) is 24.3 Å². The Bertz CT molecular complexity index is 1060. The molecule has 3 aromatic carbocycles. The van der Waals surface area contributed by atoms with E-state index in [-0.39, 0.29) is 16.8 Å². The smallest absolute Gasteiger partial charge is 0.259 e. The van der Waals surface area contributed by atoms with Gasteiger partial charge in [-0.25, -0.2) is 4.39 Å². The maximum absolute atomic E-state index is 13.3. The zero-order chi connectivity index (χ0) is 19.7. The molecule has 0 aliphatic carbocycles. The van der Waals surface area contributed by atoms with Crippen LogP contribution in [-0.4, -0.2) is 17.9 Å². The van der Waals surface area contributed by atoms with Crippen molar-refractivity contribution in [3.05, 3.63) is 94.8 Å². The lowest BCUT2D eigenvalue weighted by atomic mass is 10.1. The average molecular weight is 395 g/mol. The van der Waals surface area contributed by atoms with Gasteiger partial charge in [0.25, 0.3) is 5.91 Å². The molecule has 0 spiro atoms. The summed E-state index contributed by atoms with van der Waals surface area (Å²) in [7, 11) is 0. The Morgan fingerprint density at radius 3 is 2.46 bits per heavy atom. The van der Waals surface area contributed by atoms with Crippen LogP contribution in [-0.2, 0) is 11.2 Å². The Labute approximate surface area is 166 Å². The fourth-order valence-electron chi connectivity index (χ4n) is 3.37. The van der Waals surface area contributed by atoms with Gasteiger partial charge in [-0.05, 0) is 42.0 Å². The molecular formula is C22H16ClFN2O2. The molecule has 0 saturated carbocycles. The highest BCUT2D eigenvalue weighted by atomic mass is 35.5. The molecule has 0 saturated heterocycles. The van der Waals surface area contributed by atoms with Crippen LogP contribution in [0, 0.1) is 5.82 Å². The van der Waals surface area contributed by atoms with Gasteiger partial charge >= 0.3 is 0 Å².